The quantitative estimate of drug-likeness (QED) is 0.801. The molecule has 0 fully saturated rings. The number of hydrogen-bond acceptors (Lipinski definition) is 3. The van der Waals surface area contributed by atoms with E-state index in [1.807, 2.05) is 0 Å². The van der Waals surface area contributed by atoms with Gasteiger partial charge in [0.2, 0.25) is 0 Å². The van der Waals surface area contributed by atoms with Crippen molar-refractivity contribution in [3.05, 3.63) is 83.4 Å². The average molecular weight is 324 g/mol. The Kier molecular flexibility index (Phi) is 4.36. The van der Waals surface area contributed by atoms with Gasteiger partial charge in [-0.05, 0) is 42.0 Å². The summed E-state index contributed by atoms with van der Waals surface area (Å²) < 4.78 is 28.6. The third-order valence-corrected chi connectivity index (χ3v) is 3.79. The fourth-order valence-electron chi connectivity index (χ4n) is 2.50. The molecule has 0 saturated carbocycles. The van der Waals surface area contributed by atoms with Crippen molar-refractivity contribution in [3.63, 3.8) is 0 Å². The van der Waals surface area contributed by atoms with Crippen molar-refractivity contribution in [2.24, 2.45) is 5.73 Å². The van der Waals surface area contributed by atoms with E-state index in [9.17, 15) is 8.78 Å². The molecule has 0 aliphatic carbocycles. The van der Waals surface area contributed by atoms with Crippen LogP contribution in [0, 0.1) is 23.0 Å². The molecule has 3 rings (SSSR count). The molecule has 0 spiro atoms. The van der Waals surface area contributed by atoms with Crippen LogP contribution in [-0.2, 0) is 6.42 Å². The Morgan fingerprint density at radius 3 is 2.58 bits per heavy atom. The normalized spacial score (nSPS) is 11.9. The third kappa shape index (κ3) is 3.16. The Morgan fingerprint density at radius 1 is 1.17 bits per heavy atom. The highest BCUT2D eigenvalue weighted by molar-refractivity contribution is 5.36. The minimum absolute atomic E-state index is 0.0118. The smallest absolute Gasteiger partial charge is 0.141 e. The minimum Gasteiger partial charge on any atom is -0.324 e. The van der Waals surface area contributed by atoms with Gasteiger partial charge in [0.15, 0.2) is 0 Å². The number of rotatable bonds is 4. The van der Waals surface area contributed by atoms with E-state index in [0.717, 1.165) is 11.4 Å². The van der Waals surface area contributed by atoms with Gasteiger partial charge in [0.1, 0.15) is 17.7 Å². The van der Waals surface area contributed by atoms with Gasteiger partial charge < -0.3 is 10.3 Å². The van der Waals surface area contributed by atoms with Gasteiger partial charge in [-0.15, -0.1) is 0 Å². The molecule has 3 aromatic rings. The molecule has 2 aromatic carbocycles. The van der Waals surface area contributed by atoms with Gasteiger partial charge in [-0.2, -0.15) is 5.26 Å². The van der Waals surface area contributed by atoms with E-state index >= 15 is 0 Å². The monoisotopic (exact) mass is 324 g/mol. The molecule has 1 atom stereocenters. The standard InChI is InChI=1S/C18H14F2N4/c19-14-3-5-15(6-4-14)24-11-23-10-16(24)8-18(22)12-1-2-13(9-21)17(20)7-12/h1-7,10-11,18H,8,22H2. The lowest BCUT2D eigenvalue weighted by Crippen LogP contribution is -2.15. The number of nitrogens with two attached hydrogens (primary N) is 1. The SMILES string of the molecule is N#Cc1ccc(C(N)Cc2cncn2-c2ccc(F)cc2)cc1F. The molecular formula is C18H14F2N4. The van der Waals surface area contributed by atoms with Crippen molar-refractivity contribution in [1.29, 1.82) is 5.26 Å². The fourth-order valence-corrected chi connectivity index (χ4v) is 2.50. The van der Waals surface area contributed by atoms with Crippen LogP contribution < -0.4 is 5.73 Å². The molecule has 0 aliphatic heterocycles. The Balaban J connectivity index is 1.84. The van der Waals surface area contributed by atoms with Crippen LogP contribution in [0.25, 0.3) is 5.69 Å². The number of benzene rings is 2. The molecule has 6 heteroatoms. The van der Waals surface area contributed by atoms with E-state index < -0.39 is 11.9 Å². The van der Waals surface area contributed by atoms with Crippen LogP contribution >= 0.6 is 0 Å². The van der Waals surface area contributed by atoms with E-state index in [4.69, 9.17) is 11.0 Å². The van der Waals surface area contributed by atoms with Gasteiger partial charge >= 0.3 is 0 Å². The lowest BCUT2D eigenvalue weighted by Gasteiger charge is -2.14. The highest BCUT2D eigenvalue weighted by Crippen LogP contribution is 2.21. The Bertz CT molecular complexity index is 894. The first kappa shape index (κ1) is 15.8. The molecule has 1 aromatic heterocycles. The number of hydrogen-bond donors (Lipinski definition) is 1. The summed E-state index contributed by atoms with van der Waals surface area (Å²) in [6.45, 7) is 0. The second-order valence-corrected chi connectivity index (χ2v) is 5.39. The predicted molar refractivity (Wildman–Crippen MR) is 85.3 cm³/mol. The average Bonchev–Trinajstić information content (AvgIpc) is 3.03. The minimum atomic E-state index is -0.586. The molecule has 0 bridgehead atoms. The van der Waals surface area contributed by atoms with Gasteiger partial charge in [-0.25, -0.2) is 13.8 Å². The zero-order valence-electron chi connectivity index (χ0n) is 12.7. The zero-order valence-corrected chi connectivity index (χ0v) is 12.7. The van der Waals surface area contributed by atoms with Crippen molar-refractivity contribution in [2.75, 3.05) is 0 Å². The largest absolute Gasteiger partial charge is 0.324 e. The first-order valence-electron chi connectivity index (χ1n) is 7.31. The van der Waals surface area contributed by atoms with Crippen molar-refractivity contribution in [2.45, 2.75) is 12.5 Å². The molecule has 0 radical (unpaired) electrons. The molecule has 120 valence electrons. The summed E-state index contributed by atoms with van der Waals surface area (Å²) >= 11 is 0. The molecular weight excluding hydrogens is 310 g/mol. The van der Waals surface area contributed by atoms with Crippen LogP contribution in [0.3, 0.4) is 0 Å². The van der Waals surface area contributed by atoms with Gasteiger partial charge in [-0.3, -0.25) is 0 Å². The van der Waals surface area contributed by atoms with Gasteiger partial charge in [0.25, 0.3) is 0 Å². The van der Waals surface area contributed by atoms with Crippen molar-refractivity contribution in [1.82, 2.24) is 9.55 Å². The van der Waals surface area contributed by atoms with Crippen LogP contribution in [0.4, 0.5) is 8.78 Å². The fraction of sp³-hybridized carbons (Fsp3) is 0.111. The summed E-state index contributed by atoms with van der Waals surface area (Å²) in [6, 6.07) is 11.7. The summed E-state index contributed by atoms with van der Waals surface area (Å²) in [5.41, 5.74) is 8.34. The van der Waals surface area contributed by atoms with Crippen LogP contribution in [0.1, 0.15) is 22.9 Å². The summed E-state index contributed by atoms with van der Waals surface area (Å²) in [4.78, 5) is 4.11. The van der Waals surface area contributed by atoms with Crippen LogP contribution in [0.15, 0.2) is 55.0 Å². The number of nitrogens with zero attached hydrogens (tertiary/aromatic N) is 3. The number of imidazole rings is 1. The molecule has 24 heavy (non-hydrogen) atoms. The molecule has 0 aliphatic rings. The Labute approximate surface area is 137 Å². The maximum absolute atomic E-state index is 13.7. The highest BCUT2D eigenvalue weighted by Gasteiger charge is 2.13. The summed E-state index contributed by atoms with van der Waals surface area (Å²) in [6.07, 6.45) is 3.71. The van der Waals surface area contributed by atoms with Crippen molar-refractivity contribution >= 4 is 0 Å². The van der Waals surface area contributed by atoms with Gasteiger partial charge in [0, 0.05) is 30.0 Å². The van der Waals surface area contributed by atoms with Crippen LogP contribution in [0.5, 0.6) is 0 Å². The highest BCUT2D eigenvalue weighted by atomic mass is 19.1. The lowest BCUT2D eigenvalue weighted by molar-refractivity contribution is 0.613. The maximum atomic E-state index is 13.7. The maximum Gasteiger partial charge on any atom is 0.141 e. The zero-order chi connectivity index (χ0) is 17.1. The van der Waals surface area contributed by atoms with E-state index in [0.29, 0.717) is 12.0 Å². The van der Waals surface area contributed by atoms with E-state index in [2.05, 4.69) is 4.98 Å². The first-order valence-corrected chi connectivity index (χ1v) is 7.31. The molecule has 1 heterocycles. The van der Waals surface area contributed by atoms with Crippen molar-refractivity contribution in [3.8, 4) is 11.8 Å². The second kappa shape index (κ2) is 6.60. The molecule has 0 saturated heterocycles. The number of nitriles is 1. The summed E-state index contributed by atoms with van der Waals surface area (Å²) in [5.74, 6) is -0.900. The molecule has 0 amide bonds. The molecule has 1 unspecified atom stereocenters. The number of halogens is 2. The number of aromatic nitrogens is 2. The summed E-state index contributed by atoms with van der Waals surface area (Å²) in [7, 11) is 0. The Hall–Kier alpha value is -3.04. The topological polar surface area (TPSA) is 67.6 Å². The third-order valence-electron chi connectivity index (χ3n) is 3.79. The predicted octanol–water partition coefficient (Wildman–Crippen LogP) is 3.26. The van der Waals surface area contributed by atoms with Crippen LogP contribution in [0.2, 0.25) is 0 Å². The second-order valence-electron chi connectivity index (χ2n) is 5.39. The first-order chi connectivity index (χ1) is 11.6. The van der Waals surface area contributed by atoms with E-state index in [1.165, 1.54) is 24.3 Å². The summed E-state index contributed by atoms with van der Waals surface area (Å²) in [5, 5.41) is 8.78. The van der Waals surface area contributed by atoms with Crippen molar-refractivity contribution < 1.29 is 8.78 Å². The van der Waals surface area contributed by atoms with Gasteiger partial charge in [0.05, 0.1) is 11.9 Å². The van der Waals surface area contributed by atoms with E-state index in [-0.39, 0.29) is 11.4 Å². The van der Waals surface area contributed by atoms with Crippen LogP contribution in [-0.4, -0.2) is 9.55 Å². The van der Waals surface area contributed by atoms with E-state index in [1.54, 1.807) is 41.4 Å². The Morgan fingerprint density at radius 2 is 1.92 bits per heavy atom. The lowest BCUT2D eigenvalue weighted by atomic mass is 10.0. The molecule has 4 nitrogen and oxygen atoms in total. The van der Waals surface area contributed by atoms with Gasteiger partial charge in [-0.1, -0.05) is 6.07 Å². The molecule has 2 N–H and O–H groups in total.